The van der Waals surface area contributed by atoms with E-state index in [2.05, 4.69) is 10.2 Å². The molecule has 10 heteroatoms. The van der Waals surface area contributed by atoms with Gasteiger partial charge >= 0.3 is 0 Å². The lowest BCUT2D eigenvalue weighted by atomic mass is 10.2. The fourth-order valence-corrected chi connectivity index (χ4v) is 6.47. The number of benzene rings is 2. The average Bonchev–Trinajstić information content (AvgIpc) is 3.20. The van der Waals surface area contributed by atoms with Crippen LogP contribution in [0.25, 0.3) is 0 Å². The zero-order chi connectivity index (χ0) is 22.3. The van der Waals surface area contributed by atoms with Gasteiger partial charge in [0.25, 0.3) is 0 Å². The van der Waals surface area contributed by atoms with Crippen molar-refractivity contribution in [3.63, 3.8) is 0 Å². The third-order valence-electron chi connectivity index (χ3n) is 5.96. The molecule has 5 rings (SSSR count). The number of amides is 1. The predicted molar refractivity (Wildman–Crippen MR) is 122 cm³/mol. The number of hydrogen-bond acceptors (Lipinski definition) is 7. The fourth-order valence-electron chi connectivity index (χ4n) is 4.01. The molecular weight excluding hydrogens is 450 g/mol. The van der Waals surface area contributed by atoms with E-state index in [1.165, 1.54) is 4.31 Å². The standard InChI is InChI=1S/C22H25N3O5S2/c1-15-13-31-21-5-3-17(11-18(21)23-22(15)26)32(27,28)25-8-6-24(7-9-25)12-16-2-4-19-20(10-16)30-14-29-19/h2-5,10-11,15H,6-9,12-14H2,1H3,(H,23,26)/t15-/m0/s1. The number of sulfonamides is 1. The third kappa shape index (κ3) is 4.19. The Bertz CT molecular complexity index is 1150. The first-order valence-electron chi connectivity index (χ1n) is 10.6. The first-order valence-corrected chi connectivity index (χ1v) is 13.0. The van der Waals surface area contributed by atoms with Gasteiger partial charge in [-0.25, -0.2) is 8.42 Å². The van der Waals surface area contributed by atoms with Crippen molar-refractivity contribution in [3.05, 3.63) is 42.0 Å². The molecule has 0 spiro atoms. The molecule has 3 heterocycles. The molecule has 1 saturated heterocycles. The number of fused-ring (bicyclic) bond motifs is 2. The van der Waals surface area contributed by atoms with Crippen LogP contribution in [0.2, 0.25) is 0 Å². The van der Waals surface area contributed by atoms with Gasteiger partial charge in [0.15, 0.2) is 11.5 Å². The Morgan fingerprint density at radius 3 is 2.66 bits per heavy atom. The molecular formula is C22H25N3O5S2. The Hall–Kier alpha value is -2.27. The minimum Gasteiger partial charge on any atom is -0.454 e. The second kappa shape index (κ2) is 8.58. The lowest BCUT2D eigenvalue weighted by Gasteiger charge is -2.34. The highest BCUT2D eigenvalue weighted by molar-refractivity contribution is 7.99. The maximum Gasteiger partial charge on any atom is 0.243 e. The van der Waals surface area contributed by atoms with Gasteiger partial charge in [-0.2, -0.15) is 4.31 Å². The summed E-state index contributed by atoms with van der Waals surface area (Å²) in [4.78, 5) is 15.5. The number of nitrogens with one attached hydrogen (secondary N) is 1. The van der Waals surface area contributed by atoms with Crippen LogP contribution in [0, 0.1) is 5.92 Å². The van der Waals surface area contributed by atoms with E-state index in [1.54, 1.807) is 30.0 Å². The second-order valence-electron chi connectivity index (χ2n) is 8.23. The fraction of sp³-hybridized carbons (Fsp3) is 0.409. The van der Waals surface area contributed by atoms with E-state index in [-0.39, 0.29) is 23.5 Å². The van der Waals surface area contributed by atoms with E-state index in [0.717, 1.165) is 28.5 Å². The number of carbonyl (C=O) groups is 1. The maximum absolute atomic E-state index is 13.3. The summed E-state index contributed by atoms with van der Waals surface area (Å²) < 4.78 is 38.8. The number of carbonyl (C=O) groups excluding carboxylic acids is 1. The quantitative estimate of drug-likeness (QED) is 0.727. The number of hydrogen-bond donors (Lipinski definition) is 1. The highest BCUT2D eigenvalue weighted by Gasteiger charge is 2.30. The zero-order valence-corrected chi connectivity index (χ0v) is 19.4. The Labute approximate surface area is 191 Å². The summed E-state index contributed by atoms with van der Waals surface area (Å²) in [5, 5.41) is 2.87. The van der Waals surface area contributed by atoms with E-state index >= 15 is 0 Å². The zero-order valence-electron chi connectivity index (χ0n) is 17.7. The van der Waals surface area contributed by atoms with E-state index in [1.807, 2.05) is 25.1 Å². The van der Waals surface area contributed by atoms with Crippen molar-refractivity contribution in [3.8, 4) is 11.5 Å². The second-order valence-corrected chi connectivity index (χ2v) is 11.2. The van der Waals surface area contributed by atoms with Gasteiger partial charge in [0.2, 0.25) is 22.7 Å². The molecule has 0 unspecified atom stereocenters. The maximum atomic E-state index is 13.3. The summed E-state index contributed by atoms with van der Waals surface area (Å²) >= 11 is 1.57. The normalized spacial score (nSPS) is 21.7. The molecule has 3 aliphatic rings. The van der Waals surface area contributed by atoms with Crippen LogP contribution in [0.15, 0.2) is 46.2 Å². The Balaban J connectivity index is 1.25. The average molecular weight is 476 g/mol. The lowest BCUT2D eigenvalue weighted by Crippen LogP contribution is -2.48. The van der Waals surface area contributed by atoms with Crippen molar-refractivity contribution in [1.29, 1.82) is 0 Å². The summed E-state index contributed by atoms with van der Waals surface area (Å²) in [6.45, 7) is 4.97. The van der Waals surface area contributed by atoms with Gasteiger partial charge in [0, 0.05) is 49.3 Å². The molecule has 1 atom stereocenters. The molecule has 0 aliphatic carbocycles. The van der Waals surface area contributed by atoms with Crippen LogP contribution in [0.3, 0.4) is 0 Å². The van der Waals surface area contributed by atoms with Crippen LogP contribution < -0.4 is 14.8 Å². The summed E-state index contributed by atoms with van der Waals surface area (Å²) in [6.07, 6.45) is 0. The minimum atomic E-state index is -3.63. The molecule has 8 nitrogen and oxygen atoms in total. The first-order chi connectivity index (χ1) is 15.4. The van der Waals surface area contributed by atoms with Crippen molar-refractivity contribution < 1.29 is 22.7 Å². The summed E-state index contributed by atoms with van der Waals surface area (Å²) in [5.41, 5.74) is 1.69. The lowest BCUT2D eigenvalue weighted by molar-refractivity contribution is -0.118. The predicted octanol–water partition coefficient (Wildman–Crippen LogP) is 2.60. The van der Waals surface area contributed by atoms with Gasteiger partial charge in [-0.1, -0.05) is 13.0 Å². The van der Waals surface area contributed by atoms with Gasteiger partial charge in [0.1, 0.15) is 0 Å². The molecule has 2 aromatic carbocycles. The van der Waals surface area contributed by atoms with Gasteiger partial charge in [0.05, 0.1) is 10.6 Å². The van der Waals surface area contributed by atoms with Gasteiger partial charge in [-0.05, 0) is 35.9 Å². The third-order valence-corrected chi connectivity index (χ3v) is 9.19. The molecule has 0 aromatic heterocycles. The Morgan fingerprint density at radius 1 is 1.06 bits per heavy atom. The smallest absolute Gasteiger partial charge is 0.243 e. The SMILES string of the molecule is C[C@H]1CSc2ccc(S(=O)(=O)N3CCN(Cc4ccc5c(c4)OCO5)CC3)cc2NC1=O. The number of rotatable bonds is 4. The topological polar surface area (TPSA) is 88.2 Å². The van der Waals surface area contributed by atoms with Gasteiger partial charge in [-0.15, -0.1) is 11.8 Å². The van der Waals surface area contributed by atoms with Crippen LogP contribution in [-0.2, 0) is 21.4 Å². The Kier molecular flexibility index (Phi) is 5.79. The molecule has 1 N–H and O–H groups in total. The number of piperazine rings is 1. The first kappa shape index (κ1) is 21.6. The van der Waals surface area contributed by atoms with Crippen molar-refractivity contribution in [1.82, 2.24) is 9.21 Å². The van der Waals surface area contributed by atoms with E-state index < -0.39 is 10.0 Å². The van der Waals surface area contributed by atoms with Crippen LogP contribution >= 0.6 is 11.8 Å². The van der Waals surface area contributed by atoms with Crippen molar-refractivity contribution in [2.75, 3.05) is 44.0 Å². The van der Waals surface area contributed by atoms with Crippen LogP contribution in [0.4, 0.5) is 5.69 Å². The largest absolute Gasteiger partial charge is 0.454 e. The van der Waals surface area contributed by atoms with Crippen LogP contribution in [-0.4, -0.2) is 62.3 Å². The molecule has 2 aromatic rings. The molecule has 3 aliphatic heterocycles. The minimum absolute atomic E-state index is 0.0806. The van der Waals surface area contributed by atoms with Crippen molar-refractivity contribution >= 4 is 33.4 Å². The summed E-state index contributed by atoms with van der Waals surface area (Å²) in [5.74, 6) is 1.99. The van der Waals surface area contributed by atoms with Gasteiger partial charge in [-0.3, -0.25) is 9.69 Å². The van der Waals surface area contributed by atoms with Crippen molar-refractivity contribution in [2.24, 2.45) is 5.92 Å². The van der Waals surface area contributed by atoms with E-state index in [9.17, 15) is 13.2 Å². The molecule has 0 bridgehead atoms. The van der Waals surface area contributed by atoms with E-state index in [4.69, 9.17) is 9.47 Å². The number of thioether (sulfide) groups is 1. The monoisotopic (exact) mass is 475 g/mol. The van der Waals surface area contributed by atoms with Crippen molar-refractivity contribution in [2.45, 2.75) is 23.3 Å². The number of ether oxygens (including phenoxy) is 2. The Morgan fingerprint density at radius 2 is 1.84 bits per heavy atom. The molecule has 0 saturated carbocycles. The summed E-state index contributed by atoms with van der Waals surface area (Å²) in [7, 11) is -3.63. The highest BCUT2D eigenvalue weighted by atomic mass is 32.2. The molecule has 0 radical (unpaired) electrons. The van der Waals surface area contributed by atoms with Crippen LogP contribution in [0.5, 0.6) is 11.5 Å². The van der Waals surface area contributed by atoms with E-state index in [0.29, 0.717) is 37.6 Å². The summed E-state index contributed by atoms with van der Waals surface area (Å²) in [6, 6.07) is 10.9. The number of nitrogens with zero attached hydrogens (tertiary/aromatic N) is 2. The highest BCUT2D eigenvalue weighted by Crippen LogP contribution is 2.35. The van der Waals surface area contributed by atoms with Crippen LogP contribution in [0.1, 0.15) is 12.5 Å². The molecule has 1 amide bonds. The molecule has 32 heavy (non-hydrogen) atoms. The molecule has 170 valence electrons. The van der Waals surface area contributed by atoms with Gasteiger partial charge < -0.3 is 14.8 Å². The number of anilines is 1. The molecule has 1 fully saturated rings.